The summed E-state index contributed by atoms with van der Waals surface area (Å²) in [5.74, 6) is 1.67. The first kappa shape index (κ1) is 13.3. The Morgan fingerprint density at radius 2 is 2.12 bits per heavy atom. The van der Waals surface area contributed by atoms with Crippen molar-refractivity contribution in [1.29, 1.82) is 0 Å². The van der Waals surface area contributed by atoms with Crippen LogP contribution in [0.1, 0.15) is 26.2 Å². The Kier molecular flexibility index (Phi) is 4.83. The Bertz CT molecular complexity index is 228. The molecule has 2 atom stereocenters. The van der Waals surface area contributed by atoms with Crippen LogP contribution < -0.4 is 5.32 Å². The van der Waals surface area contributed by atoms with E-state index in [1.54, 1.807) is 0 Å². The van der Waals surface area contributed by atoms with E-state index in [9.17, 15) is 0 Å². The molecule has 1 heterocycles. The predicted molar refractivity (Wildman–Crippen MR) is 73.3 cm³/mol. The van der Waals surface area contributed by atoms with E-state index in [4.69, 9.17) is 0 Å². The molecule has 2 unspecified atom stereocenters. The van der Waals surface area contributed by atoms with Gasteiger partial charge in [0.2, 0.25) is 0 Å². The van der Waals surface area contributed by atoms with Gasteiger partial charge in [-0.3, -0.25) is 0 Å². The highest BCUT2D eigenvalue weighted by atomic mass is 15.1. The molecule has 0 radical (unpaired) electrons. The number of hydrogen-bond donors (Lipinski definition) is 1. The maximum absolute atomic E-state index is 3.63. The van der Waals surface area contributed by atoms with E-state index in [2.05, 4.69) is 36.1 Å². The molecular weight excluding hydrogens is 210 g/mol. The largest absolute Gasteiger partial charge is 0.314 e. The molecule has 1 aliphatic carbocycles. The lowest BCUT2D eigenvalue weighted by Crippen LogP contribution is -2.35. The van der Waals surface area contributed by atoms with Crippen LogP contribution in [0.15, 0.2) is 0 Å². The van der Waals surface area contributed by atoms with Crippen molar-refractivity contribution in [3.05, 3.63) is 0 Å². The molecule has 2 fully saturated rings. The summed E-state index contributed by atoms with van der Waals surface area (Å²) in [5, 5.41) is 3.63. The standard InChI is InChI=1S/C14H29N3/c1-12(8-15-14-4-5-14)9-17(3)11-13-6-7-16(2)10-13/h12-15H,4-11H2,1-3H3. The average Bonchev–Trinajstić information content (AvgIpc) is 3.00. The minimum atomic E-state index is 0.778. The fourth-order valence-electron chi connectivity index (χ4n) is 2.94. The molecule has 2 aliphatic rings. The minimum Gasteiger partial charge on any atom is -0.314 e. The quantitative estimate of drug-likeness (QED) is 0.721. The lowest BCUT2D eigenvalue weighted by atomic mass is 10.1. The van der Waals surface area contributed by atoms with Crippen LogP contribution in [0.2, 0.25) is 0 Å². The summed E-state index contributed by atoms with van der Waals surface area (Å²) in [6.45, 7) is 8.65. The summed E-state index contributed by atoms with van der Waals surface area (Å²) >= 11 is 0. The van der Waals surface area contributed by atoms with Gasteiger partial charge in [0.05, 0.1) is 0 Å². The average molecular weight is 239 g/mol. The molecule has 1 saturated heterocycles. The Labute approximate surface area is 107 Å². The lowest BCUT2D eigenvalue weighted by molar-refractivity contribution is 0.240. The third-order valence-electron chi connectivity index (χ3n) is 4.01. The molecule has 3 heteroatoms. The molecule has 2 rings (SSSR count). The summed E-state index contributed by atoms with van der Waals surface area (Å²) < 4.78 is 0. The van der Waals surface area contributed by atoms with Gasteiger partial charge < -0.3 is 15.1 Å². The van der Waals surface area contributed by atoms with E-state index in [0.717, 1.165) is 17.9 Å². The molecule has 3 nitrogen and oxygen atoms in total. The second kappa shape index (κ2) is 6.17. The summed E-state index contributed by atoms with van der Waals surface area (Å²) in [7, 11) is 4.52. The first-order chi connectivity index (χ1) is 8.13. The van der Waals surface area contributed by atoms with Gasteiger partial charge in [0.1, 0.15) is 0 Å². The van der Waals surface area contributed by atoms with Crippen LogP contribution >= 0.6 is 0 Å². The molecule has 0 aromatic heterocycles. The molecule has 100 valence electrons. The zero-order valence-corrected chi connectivity index (χ0v) is 11.8. The highest BCUT2D eigenvalue weighted by molar-refractivity contribution is 4.82. The van der Waals surface area contributed by atoms with Crippen LogP contribution in [0.5, 0.6) is 0 Å². The van der Waals surface area contributed by atoms with Crippen molar-refractivity contribution in [2.75, 3.05) is 46.8 Å². The summed E-state index contributed by atoms with van der Waals surface area (Å²) in [6, 6.07) is 0.853. The van der Waals surface area contributed by atoms with Crippen LogP contribution in [0, 0.1) is 11.8 Å². The zero-order valence-electron chi connectivity index (χ0n) is 11.8. The molecule has 17 heavy (non-hydrogen) atoms. The third-order valence-corrected chi connectivity index (χ3v) is 4.01. The Morgan fingerprint density at radius 1 is 1.35 bits per heavy atom. The van der Waals surface area contributed by atoms with Gasteiger partial charge in [-0.25, -0.2) is 0 Å². The van der Waals surface area contributed by atoms with Crippen molar-refractivity contribution in [2.45, 2.75) is 32.2 Å². The molecule has 0 aromatic rings. The first-order valence-electron chi connectivity index (χ1n) is 7.24. The van der Waals surface area contributed by atoms with Gasteiger partial charge in [0, 0.05) is 25.7 Å². The van der Waals surface area contributed by atoms with E-state index >= 15 is 0 Å². The smallest absolute Gasteiger partial charge is 0.00683 e. The zero-order chi connectivity index (χ0) is 12.3. The summed E-state index contributed by atoms with van der Waals surface area (Å²) in [6.07, 6.45) is 4.18. The lowest BCUT2D eigenvalue weighted by Gasteiger charge is -2.24. The molecule has 1 saturated carbocycles. The van der Waals surface area contributed by atoms with E-state index in [1.165, 1.54) is 52.0 Å². The fourth-order valence-corrected chi connectivity index (χ4v) is 2.94. The van der Waals surface area contributed by atoms with Crippen LogP contribution in [0.4, 0.5) is 0 Å². The number of rotatable bonds is 7. The van der Waals surface area contributed by atoms with Gasteiger partial charge in [-0.05, 0) is 58.3 Å². The Hall–Kier alpha value is -0.120. The van der Waals surface area contributed by atoms with Gasteiger partial charge in [0.25, 0.3) is 0 Å². The van der Waals surface area contributed by atoms with E-state index < -0.39 is 0 Å². The van der Waals surface area contributed by atoms with Gasteiger partial charge in [-0.2, -0.15) is 0 Å². The van der Waals surface area contributed by atoms with Crippen molar-refractivity contribution in [2.24, 2.45) is 11.8 Å². The molecule has 0 bridgehead atoms. The van der Waals surface area contributed by atoms with Crippen LogP contribution in [0.3, 0.4) is 0 Å². The van der Waals surface area contributed by atoms with Gasteiger partial charge in [-0.1, -0.05) is 6.92 Å². The van der Waals surface area contributed by atoms with Crippen molar-refractivity contribution >= 4 is 0 Å². The molecule has 1 N–H and O–H groups in total. The topological polar surface area (TPSA) is 18.5 Å². The highest BCUT2D eigenvalue weighted by Gasteiger charge is 2.23. The summed E-state index contributed by atoms with van der Waals surface area (Å²) in [5.41, 5.74) is 0. The number of hydrogen-bond acceptors (Lipinski definition) is 3. The molecular formula is C14H29N3. The molecule has 0 amide bonds. The number of likely N-dealkylation sites (tertiary alicyclic amines) is 1. The third kappa shape index (κ3) is 4.94. The normalized spacial score (nSPS) is 27.9. The van der Waals surface area contributed by atoms with E-state index in [-0.39, 0.29) is 0 Å². The van der Waals surface area contributed by atoms with Crippen LogP contribution in [0.25, 0.3) is 0 Å². The SMILES string of the molecule is CC(CNC1CC1)CN(C)CC1CCN(C)C1. The Morgan fingerprint density at radius 3 is 2.71 bits per heavy atom. The van der Waals surface area contributed by atoms with Crippen LogP contribution in [-0.2, 0) is 0 Å². The number of nitrogens with one attached hydrogen (secondary N) is 1. The first-order valence-corrected chi connectivity index (χ1v) is 7.24. The van der Waals surface area contributed by atoms with E-state index in [1.807, 2.05) is 0 Å². The monoisotopic (exact) mass is 239 g/mol. The fraction of sp³-hybridized carbons (Fsp3) is 1.00. The maximum atomic E-state index is 3.63. The maximum Gasteiger partial charge on any atom is 0.00683 e. The van der Waals surface area contributed by atoms with Crippen molar-refractivity contribution in [1.82, 2.24) is 15.1 Å². The van der Waals surface area contributed by atoms with Crippen molar-refractivity contribution < 1.29 is 0 Å². The van der Waals surface area contributed by atoms with Gasteiger partial charge in [-0.15, -0.1) is 0 Å². The molecule has 0 spiro atoms. The molecule has 0 aromatic carbocycles. The van der Waals surface area contributed by atoms with Crippen molar-refractivity contribution in [3.8, 4) is 0 Å². The second-order valence-corrected chi connectivity index (χ2v) is 6.43. The van der Waals surface area contributed by atoms with Gasteiger partial charge >= 0.3 is 0 Å². The molecule has 1 aliphatic heterocycles. The van der Waals surface area contributed by atoms with Crippen LogP contribution in [-0.4, -0.2) is 62.7 Å². The van der Waals surface area contributed by atoms with Crippen molar-refractivity contribution in [3.63, 3.8) is 0 Å². The highest BCUT2D eigenvalue weighted by Crippen LogP contribution is 2.19. The summed E-state index contributed by atoms with van der Waals surface area (Å²) in [4.78, 5) is 4.99. The van der Waals surface area contributed by atoms with E-state index in [0.29, 0.717) is 0 Å². The minimum absolute atomic E-state index is 0.778. The predicted octanol–water partition coefficient (Wildman–Crippen LogP) is 1.26. The second-order valence-electron chi connectivity index (χ2n) is 6.43. The Balaban J connectivity index is 1.56. The van der Waals surface area contributed by atoms with Gasteiger partial charge in [0.15, 0.2) is 0 Å². The number of nitrogens with zero attached hydrogens (tertiary/aromatic N) is 2.